The molecule has 0 bridgehead atoms. The first-order valence-electron chi connectivity index (χ1n) is 4.60. The topological polar surface area (TPSA) is 74.9 Å². The lowest BCUT2D eigenvalue weighted by Gasteiger charge is -2.09. The normalized spacial score (nSPS) is 13.3. The van der Waals surface area contributed by atoms with E-state index in [9.17, 15) is 0 Å². The third kappa shape index (κ3) is 1.62. The zero-order valence-corrected chi connectivity index (χ0v) is 7.77. The molecule has 0 radical (unpaired) electrons. The zero-order chi connectivity index (χ0) is 9.97. The Hall–Kier alpha value is -1.39. The highest BCUT2D eigenvalue weighted by Crippen LogP contribution is 2.17. The summed E-state index contributed by atoms with van der Waals surface area (Å²) < 4.78 is 0. The van der Waals surface area contributed by atoms with Crippen LogP contribution >= 0.6 is 0 Å². The van der Waals surface area contributed by atoms with Gasteiger partial charge in [-0.2, -0.15) is 0 Å². The molecule has 0 saturated heterocycles. The Bertz CT molecular complexity index is 424. The van der Waals surface area contributed by atoms with Crippen LogP contribution in [0.25, 0.3) is 11.0 Å². The van der Waals surface area contributed by atoms with Crippen LogP contribution in [0, 0.1) is 0 Å². The van der Waals surface area contributed by atoms with E-state index in [2.05, 4.69) is 9.97 Å². The number of hydrogen-bond donors (Lipinski definition) is 3. The van der Waals surface area contributed by atoms with Gasteiger partial charge in [-0.1, -0.05) is 0 Å². The molecule has 0 fully saturated rings. The first-order valence-corrected chi connectivity index (χ1v) is 4.60. The molecule has 0 aliphatic heterocycles. The highest BCUT2D eigenvalue weighted by molar-refractivity contribution is 5.75. The Morgan fingerprint density at radius 1 is 1.57 bits per heavy atom. The van der Waals surface area contributed by atoms with Crippen molar-refractivity contribution in [2.75, 3.05) is 6.61 Å². The van der Waals surface area contributed by atoms with Crippen molar-refractivity contribution in [3.63, 3.8) is 0 Å². The van der Waals surface area contributed by atoms with Crippen molar-refractivity contribution in [2.24, 2.45) is 5.73 Å². The molecule has 74 valence electrons. The van der Waals surface area contributed by atoms with E-state index in [1.807, 2.05) is 18.3 Å². The SMILES string of the molecule is NC(CCO)c1cnc2[nH]ccc2c1. The van der Waals surface area contributed by atoms with Crippen LogP contribution in [0.5, 0.6) is 0 Å². The third-order valence-corrected chi connectivity index (χ3v) is 2.29. The van der Waals surface area contributed by atoms with Gasteiger partial charge in [-0.15, -0.1) is 0 Å². The van der Waals surface area contributed by atoms with Crippen molar-refractivity contribution >= 4 is 11.0 Å². The maximum absolute atomic E-state index is 8.76. The van der Waals surface area contributed by atoms with Crippen molar-refractivity contribution in [1.82, 2.24) is 9.97 Å². The minimum atomic E-state index is -0.133. The van der Waals surface area contributed by atoms with Crippen LogP contribution in [0.2, 0.25) is 0 Å². The number of hydrogen-bond acceptors (Lipinski definition) is 3. The summed E-state index contributed by atoms with van der Waals surface area (Å²) in [6.07, 6.45) is 4.16. The van der Waals surface area contributed by atoms with Crippen LogP contribution in [-0.4, -0.2) is 21.7 Å². The summed E-state index contributed by atoms with van der Waals surface area (Å²) >= 11 is 0. The summed E-state index contributed by atoms with van der Waals surface area (Å²) in [5.41, 5.74) is 7.68. The van der Waals surface area contributed by atoms with E-state index in [0.29, 0.717) is 6.42 Å². The summed E-state index contributed by atoms with van der Waals surface area (Å²) in [6, 6.07) is 3.82. The lowest BCUT2D eigenvalue weighted by atomic mass is 10.1. The van der Waals surface area contributed by atoms with E-state index in [1.54, 1.807) is 6.20 Å². The Balaban J connectivity index is 2.33. The Morgan fingerprint density at radius 2 is 2.43 bits per heavy atom. The first kappa shape index (κ1) is 9.18. The molecule has 2 aromatic heterocycles. The minimum Gasteiger partial charge on any atom is -0.396 e. The van der Waals surface area contributed by atoms with Crippen LogP contribution in [0.4, 0.5) is 0 Å². The molecule has 1 unspecified atom stereocenters. The molecule has 4 N–H and O–H groups in total. The summed E-state index contributed by atoms with van der Waals surface area (Å²) in [5, 5.41) is 9.82. The fraction of sp³-hybridized carbons (Fsp3) is 0.300. The second-order valence-electron chi connectivity index (χ2n) is 3.30. The number of aliphatic hydroxyl groups excluding tert-OH is 1. The van der Waals surface area contributed by atoms with Gasteiger partial charge in [0, 0.05) is 30.4 Å². The maximum Gasteiger partial charge on any atom is 0.137 e. The fourth-order valence-electron chi connectivity index (χ4n) is 1.47. The Morgan fingerprint density at radius 3 is 3.21 bits per heavy atom. The average molecular weight is 191 g/mol. The van der Waals surface area contributed by atoms with Crippen LogP contribution in [0.15, 0.2) is 24.5 Å². The number of aromatic amines is 1. The van der Waals surface area contributed by atoms with Crippen LogP contribution in [0.3, 0.4) is 0 Å². The molecule has 0 aliphatic carbocycles. The molecule has 4 nitrogen and oxygen atoms in total. The van der Waals surface area contributed by atoms with Crippen molar-refractivity contribution < 1.29 is 5.11 Å². The largest absolute Gasteiger partial charge is 0.396 e. The maximum atomic E-state index is 8.76. The smallest absolute Gasteiger partial charge is 0.137 e. The van der Waals surface area contributed by atoms with E-state index in [4.69, 9.17) is 10.8 Å². The third-order valence-electron chi connectivity index (χ3n) is 2.29. The van der Waals surface area contributed by atoms with Crippen molar-refractivity contribution in [1.29, 1.82) is 0 Å². The molecule has 0 amide bonds. The number of rotatable bonds is 3. The number of aliphatic hydroxyl groups is 1. The van der Waals surface area contributed by atoms with Crippen LogP contribution in [-0.2, 0) is 0 Å². The number of nitrogens with one attached hydrogen (secondary N) is 1. The van der Waals surface area contributed by atoms with Gasteiger partial charge in [0.25, 0.3) is 0 Å². The highest BCUT2D eigenvalue weighted by atomic mass is 16.3. The highest BCUT2D eigenvalue weighted by Gasteiger charge is 2.06. The summed E-state index contributed by atoms with van der Waals surface area (Å²) in [5.74, 6) is 0. The molecule has 2 aromatic rings. The molecular formula is C10H13N3O. The van der Waals surface area contributed by atoms with Crippen molar-refractivity contribution in [3.8, 4) is 0 Å². The number of pyridine rings is 1. The van der Waals surface area contributed by atoms with Gasteiger partial charge in [0.05, 0.1) is 0 Å². The molecule has 0 saturated carbocycles. The molecule has 0 aromatic carbocycles. The standard InChI is InChI=1S/C10H13N3O/c11-9(2-4-14)8-5-7-1-3-12-10(7)13-6-8/h1,3,5-6,9,14H,2,4,11H2,(H,12,13). The van der Waals surface area contributed by atoms with Gasteiger partial charge in [-0.25, -0.2) is 4.98 Å². The Kier molecular flexibility index (Phi) is 2.47. The summed E-state index contributed by atoms with van der Waals surface area (Å²) in [4.78, 5) is 7.24. The van der Waals surface area contributed by atoms with Gasteiger partial charge >= 0.3 is 0 Å². The van der Waals surface area contributed by atoms with Crippen LogP contribution in [0.1, 0.15) is 18.0 Å². The molecule has 2 heterocycles. The van der Waals surface area contributed by atoms with E-state index in [-0.39, 0.29) is 12.6 Å². The van der Waals surface area contributed by atoms with E-state index < -0.39 is 0 Å². The van der Waals surface area contributed by atoms with Gasteiger partial charge in [0.1, 0.15) is 5.65 Å². The second kappa shape index (κ2) is 3.77. The van der Waals surface area contributed by atoms with Crippen molar-refractivity contribution in [3.05, 3.63) is 30.1 Å². The number of nitrogens with two attached hydrogens (primary N) is 1. The predicted molar refractivity (Wildman–Crippen MR) is 54.7 cm³/mol. The number of nitrogens with zero attached hydrogens (tertiary/aromatic N) is 1. The quantitative estimate of drug-likeness (QED) is 0.676. The van der Waals surface area contributed by atoms with E-state index >= 15 is 0 Å². The molecule has 4 heteroatoms. The van der Waals surface area contributed by atoms with Gasteiger partial charge in [-0.05, 0) is 24.1 Å². The lowest BCUT2D eigenvalue weighted by molar-refractivity contribution is 0.276. The van der Waals surface area contributed by atoms with Gasteiger partial charge in [0.15, 0.2) is 0 Å². The summed E-state index contributed by atoms with van der Waals surface area (Å²) in [6.45, 7) is 0.104. The van der Waals surface area contributed by atoms with E-state index in [1.165, 1.54) is 0 Å². The van der Waals surface area contributed by atoms with Crippen LogP contribution < -0.4 is 5.73 Å². The molecule has 1 atom stereocenters. The zero-order valence-electron chi connectivity index (χ0n) is 7.77. The molecule has 14 heavy (non-hydrogen) atoms. The monoisotopic (exact) mass is 191 g/mol. The number of H-pyrrole nitrogens is 1. The van der Waals surface area contributed by atoms with E-state index in [0.717, 1.165) is 16.6 Å². The Labute approximate surface area is 81.8 Å². The van der Waals surface area contributed by atoms with Gasteiger partial charge in [0.2, 0.25) is 0 Å². The fourth-order valence-corrected chi connectivity index (χ4v) is 1.47. The molecule has 0 spiro atoms. The molecule has 2 rings (SSSR count). The number of aromatic nitrogens is 2. The minimum absolute atomic E-state index is 0.104. The first-order chi connectivity index (χ1) is 6.81. The lowest BCUT2D eigenvalue weighted by Crippen LogP contribution is -2.12. The van der Waals surface area contributed by atoms with Gasteiger partial charge in [-0.3, -0.25) is 0 Å². The molecular weight excluding hydrogens is 178 g/mol. The van der Waals surface area contributed by atoms with Gasteiger partial charge < -0.3 is 15.8 Å². The predicted octanol–water partition coefficient (Wildman–Crippen LogP) is 0.945. The second-order valence-corrected chi connectivity index (χ2v) is 3.30. The van der Waals surface area contributed by atoms with Crippen molar-refractivity contribution in [2.45, 2.75) is 12.5 Å². The number of fused-ring (bicyclic) bond motifs is 1. The summed E-state index contributed by atoms with van der Waals surface area (Å²) in [7, 11) is 0. The average Bonchev–Trinajstić information content (AvgIpc) is 2.64. The molecule has 0 aliphatic rings.